The fraction of sp³-hybridized carbons (Fsp3) is 0.692. The Morgan fingerprint density at radius 3 is 2.65 bits per heavy atom. The van der Waals surface area contributed by atoms with Crippen LogP contribution < -0.4 is 5.73 Å². The van der Waals surface area contributed by atoms with Gasteiger partial charge in [0.15, 0.2) is 0 Å². The first-order valence-corrected chi connectivity index (χ1v) is 7.24. The minimum absolute atomic E-state index is 0.429. The van der Waals surface area contributed by atoms with Crippen LogP contribution in [0.3, 0.4) is 0 Å². The molecule has 1 aromatic heterocycles. The first-order valence-electron chi connectivity index (χ1n) is 6.36. The van der Waals surface area contributed by atoms with Crippen molar-refractivity contribution in [3.05, 3.63) is 22.4 Å². The van der Waals surface area contributed by atoms with Crippen LogP contribution in [0.4, 0.5) is 0 Å². The monoisotopic (exact) mass is 253 g/mol. The standard InChI is InChI=1S/C13H23N3S/c1-15(2)11-5-7-16(8-6-11)12(10-14)13-4-3-9-17-13/h3-4,9,11-12H,5-8,10,14H2,1-2H3. The van der Waals surface area contributed by atoms with Gasteiger partial charge in [-0.2, -0.15) is 0 Å². The van der Waals surface area contributed by atoms with Crippen molar-refractivity contribution in [1.29, 1.82) is 0 Å². The molecule has 0 amide bonds. The van der Waals surface area contributed by atoms with Crippen molar-refractivity contribution in [2.24, 2.45) is 5.73 Å². The molecule has 0 radical (unpaired) electrons. The van der Waals surface area contributed by atoms with Crippen molar-refractivity contribution in [3.8, 4) is 0 Å². The van der Waals surface area contributed by atoms with Crippen molar-refractivity contribution in [3.63, 3.8) is 0 Å². The van der Waals surface area contributed by atoms with Crippen molar-refractivity contribution < 1.29 is 0 Å². The molecule has 0 saturated carbocycles. The number of likely N-dealkylation sites (tertiary alicyclic amines) is 1. The summed E-state index contributed by atoms with van der Waals surface area (Å²) in [6, 6.07) is 5.50. The lowest BCUT2D eigenvalue weighted by Crippen LogP contribution is -2.44. The highest BCUT2D eigenvalue weighted by Crippen LogP contribution is 2.27. The van der Waals surface area contributed by atoms with Crippen molar-refractivity contribution in [2.45, 2.75) is 24.9 Å². The molecule has 1 fully saturated rings. The van der Waals surface area contributed by atoms with Crippen molar-refractivity contribution in [1.82, 2.24) is 9.80 Å². The molecule has 4 heteroatoms. The molecule has 2 rings (SSSR count). The zero-order valence-corrected chi connectivity index (χ0v) is 11.6. The second kappa shape index (κ2) is 5.96. The van der Waals surface area contributed by atoms with Crippen LogP contribution in [0.15, 0.2) is 17.5 Å². The summed E-state index contributed by atoms with van der Waals surface area (Å²) in [5.74, 6) is 0. The quantitative estimate of drug-likeness (QED) is 0.888. The molecule has 1 aromatic rings. The molecule has 1 aliphatic heterocycles. The summed E-state index contributed by atoms with van der Waals surface area (Å²) in [6.07, 6.45) is 2.52. The number of rotatable bonds is 4. The van der Waals surface area contributed by atoms with Gasteiger partial charge in [-0.15, -0.1) is 11.3 Å². The number of piperidine rings is 1. The molecule has 0 aromatic carbocycles. The van der Waals surface area contributed by atoms with Gasteiger partial charge in [0.2, 0.25) is 0 Å². The number of hydrogen-bond acceptors (Lipinski definition) is 4. The normalized spacial score (nSPS) is 20.9. The van der Waals surface area contributed by atoms with Gasteiger partial charge in [-0.1, -0.05) is 6.07 Å². The topological polar surface area (TPSA) is 32.5 Å². The first kappa shape index (κ1) is 13.0. The van der Waals surface area contributed by atoms with Crippen LogP contribution in [-0.4, -0.2) is 49.6 Å². The van der Waals surface area contributed by atoms with Gasteiger partial charge in [0.25, 0.3) is 0 Å². The highest BCUT2D eigenvalue weighted by atomic mass is 32.1. The van der Waals surface area contributed by atoms with Gasteiger partial charge in [0.1, 0.15) is 0 Å². The Morgan fingerprint density at radius 2 is 2.18 bits per heavy atom. The first-order chi connectivity index (χ1) is 8.22. The average Bonchev–Trinajstić information content (AvgIpc) is 2.84. The Kier molecular flexibility index (Phi) is 4.56. The molecule has 96 valence electrons. The highest BCUT2D eigenvalue weighted by Gasteiger charge is 2.26. The van der Waals surface area contributed by atoms with E-state index in [1.54, 1.807) is 0 Å². The summed E-state index contributed by atoms with van der Waals surface area (Å²) in [5.41, 5.74) is 5.94. The van der Waals surface area contributed by atoms with Gasteiger partial charge < -0.3 is 10.6 Å². The molecular weight excluding hydrogens is 230 g/mol. The van der Waals surface area contributed by atoms with E-state index >= 15 is 0 Å². The lowest BCUT2D eigenvalue weighted by atomic mass is 10.0. The van der Waals surface area contributed by atoms with E-state index in [1.807, 2.05) is 11.3 Å². The minimum atomic E-state index is 0.429. The van der Waals surface area contributed by atoms with Crippen LogP contribution in [0, 0.1) is 0 Å². The van der Waals surface area contributed by atoms with Gasteiger partial charge in [-0.25, -0.2) is 0 Å². The van der Waals surface area contributed by atoms with Gasteiger partial charge in [0.05, 0.1) is 6.04 Å². The third kappa shape index (κ3) is 3.07. The third-order valence-corrected chi connectivity index (χ3v) is 4.74. The van der Waals surface area contributed by atoms with E-state index in [-0.39, 0.29) is 0 Å². The molecule has 2 N–H and O–H groups in total. The zero-order valence-electron chi connectivity index (χ0n) is 10.8. The summed E-state index contributed by atoms with van der Waals surface area (Å²) >= 11 is 1.82. The fourth-order valence-electron chi connectivity index (χ4n) is 2.64. The lowest BCUT2D eigenvalue weighted by molar-refractivity contribution is 0.112. The smallest absolute Gasteiger partial charge is 0.0564 e. The van der Waals surface area contributed by atoms with E-state index in [0.29, 0.717) is 6.04 Å². The second-order valence-electron chi connectivity index (χ2n) is 5.00. The van der Waals surface area contributed by atoms with E-state index in [2.05, 4.69) is 41.4 Å². The summed E-state index contributed by atoms with van der Waals surface area (Å²) < 4.78 is 0. The summed E-state index contributed by atoms with van der Waals surface area (Å²) in [7, 11) is 4.36. The Hall–Kier alpha value is -0.420. The molecule has 1 unspecified atom stereocenters. The maximum absolute atomic E-state index is 5.94. The Bertz CT molecular complexity index is 315. The van der Waals surface area contributed by atoms with Crippen molar-refractivity contribution >= 4 is 11.3 Å². The SMILES string of the molecule is CN(C)C1CCN(C(CN)c2cccs2)CC1. The zero-order chi connectivity index (χ0) is 12.3. The largest absolute Gasteiger partial charge is 0.329 e. The molecule has 1 saturated heterocycles. The van der Waals surface area contributed by atoms with Gasteiger partial charge >= 0.3 is 0 Å². The predicted molar refractivity (Wildman–Crippen MR) is 74.4 cm³/mol. The van der Waals surface area contributed by atoms with Crippen LogP contribution in [0.5, 0.6) is 0 Å². The molecule has 1 atom stereocenters. The van der Waals surface area contributed by atoms with Gasteiger partial charge in [-0.3, -0.25) is 4.90 Å². The van der Waals surface area contributed by atoms with Gasteiger partial charge in [0, 0.05) is 30.6 Å². The van der Waals surface area contributed by atoms with E-state index in [9.17, 15) is 0 Å². The Labute approximate surface area is 108 Å². The maximum Gasteiger partial charge on any atom is 0.0564 e. The summed E-state index contributed by atoms with van der Waals surface area (Å²) in [6.45, 7) is 3.07. The molecule has 0 spiro atoms. The van der Waals surface area contributed by atoms with Gasteiger partial charge in [-0.05, 0) is 38.4 Å². The lowest BCUT2D eigenvalue weighted by Gasteiger charge is -2.38. The summed E-state index contributed by atoms with van der Waals surface area (Å²) in [5, 5.41) is 2.14. The predicted octanol–water partition coefficient (Wildman–Crippen LogP) is 1.77. The van der Waals surface area contributed by atoms with Crippen LogP contribution in [0.25, 0.3) is 0 Å². The second-order valence-corrected chi connectivity index (χ2v) is 5.98. The minimum Gasteiger partial charge on any atom is -0.329 e. The fourth-order valence-corrected chi connectivity index (χ4v) is 3.51. The molecule has 3 nitrogen and oxygen atoms in total. The van der Waals surface area contributed by atoms with Crippen molar-refractivity contribution in [2.75, 3.05) is 33.7 Å². The molecule has 0 bridgehead atoms. The molecule has 1 aliphatic rings. The number of nitrogens with zero attached hydrogens (tertiary/aromatic N) is 2. The van der Waals surface area contributed by atoms with E-state index in [4.69, 9.17) is 5.73 Å². The third-order valence-electron chi connectivity index (χ3n) is 3.77. The van der Waals surface area contributed by atoms with Crippen LogP contribution in [-0.2, 0) is 0 Å². The molecule has 0 aliphatic carbocycles. The number of thiophene rings is 1. The van der Waals surface area contributed by atoms with Crippen LogP contribution >= 0.6 is 11.3 Å². The van der Waals surface area contributed by atoms with Crippen LogP contribution in [0.2, 0.25) is 0 Å². The number of hydrogen-bond donors (Lipinski definition) is 1. The molecule has 2 heterocycles. The highest BCUT2D eigenvalue weighted by molar-refractivity contribution is 7.10. The number of nitrogens with two attached hydrogens (primary N) is 1. The van der Waals surface area contributed by atoms with E-state index in [0.717, 1.165) is 12.6 Å². The Balaban J connectivity index is 1.95. The molecular formula is C13H23N3S. The van der Waals surface area contributed by atoms with E-state index < -0.39 is 0 Å². The molecule has 17 heavy (non-hydrogen) atoms. The van der Waals surface area contributed by atoms with E-state index in [1.165, 1.54) is 30.8 Å². The Morgan fingerprint density at radius 1 is 1.47 bits per heavy atom. The van der Waals surface area contributed by atoms with Crippen LogP contribution in [0.1, 0.15) is 23.8 Å². The summed E-state index contributed by atoms with van der Waals surface area (Å²) in [4.78, 5) is 6.31. The average molecular weight is 253 g/mol. The maximum atomic E-state index is 5.94.